The van der Waals surface area contributed by atoms with Crippen molar-refractivity contribution in [1.29, 1.82) is 0 Å². The number of carbonyl (C=O) groups excluding carboxylic acids is 2. The number of nitrogens with zero attached hydrogens (tertiary/aromatic N) is 3. The van der Waals surface area contributed by atoms with Gasteiger partial charge in [-0.2, -0.15) is 0 Å². The number of hydrogen-bond donors (Lipinski definition) is 1. The Morgan fingerprint density at radius 3 is 2.66 bits per heavy atom. The van der Waals surface area contributed by atoms with Gasteiger partial charge in [-0.15, -0.1) is 0 Å². The lowest BCUT2D eigenvalue weighted by atomic mass is 10.1. The molecule has 1 aromatic heterocycles. The zero-order valence-corrected chi connectivity index (χ0v) is 18.5. The number of nitrogens with one attached hydrogen (secondary N) is 1. The third-order valence-corrected chi connectivity index (χ3v) is 6.65. The van der Waals surface area contributed by atoms with Crippen molar-refractivity contribution in [2.24, 2.45) is 0 Å². The molecule has 0 radical (unpaired) electrons. The van der Waals surface area contributed by atoms with Crippen LogP contribution in [0.4, 0.5) is 5.69 Å². The molecule has 1 unspecified atom stereocenters. The third kappa shape index (κ3) is 4.02. The highest BCUT2D eigenvalue weighted by Gasteiger charge is 2.32. The maximum atomic E-state index is 13.1. The zero-order chi connectivity index (χ0) is 22.1. The predicted molar refractivity (Wildman–Crippen MR) is 124 cm³/mol. The van der Waals surface area contributed by atoms with Gasteiger partial charge in [0.05, 0.1) is 24.4 Å². The molecule has 164 valence electrons. The topological polar surface area (TPSA) is 69.3 Å². The molecule has 1 N–H and O–H groups in total. The van der Waals surface area contributed by atoms with E-state index in [0.717, 1.165) is 60.7 Å². The SMILES string of the molecule is O=C1CCCN1c1ccc(CC(=O)N2CCCC2c2ncc(-c3ccccc3Cl)[nH]2)cc1. The summed E-state index contributed by atoms with van der Waals surface area (Å²) >= 11 is 6.32. The Hall–Kier alpha value is -3.12. The Kier molecular flexibility index (Phi) is 5.70. The van der Waals surface area contributed by atoms with Crippen LogP contribution in [0.5, 0.6) is 0 Å². The van der Waals surface area contributed by atoms with Crippen molar-refractivity contribution in [2.45, 2.75) is 38.1 Å². The molecule has 1 atom stereocenters. The molecule has 2 saturated heterocycles. The Bertz CT molecular complexity index is 1140. The van der Waals surface area contributed by atoms with Gasteiger partial charge in [-0.3, -0.25) is 9.59 Å². The van der Waals surface area contributed by atoms with Gasteiger partial charge < -0.3 is 14.8 Å². The van der Waals surface area contributed by atoms with Crippen LogP contribution in [0.1, 0.15) is 43.1 Å². The Morgan fingerprint density at radius 2 is 1.91 bits per heavy atom. The largest absolute Gasteiger partial charge is 0.340 e. The Labute approximate surface area is 192 Å². The number of anilines is 1. The molecule has 0 aliphatic carbocycles. The molecule has 2 aliphatic rings. The summed E-state index contributed by atoms with van der Waals surface area (Å²) in [5, 5.41) is 0.668. The molecule has 32 heavy (non-hydrogen) atoms. The number of benzene rings is 2. The van der Waals surface area contributed by atoms with Gasteiger partial charge in [0.15, 0.2) is 0 Å². The molecule has 0 saturated carbocycles. The number of amides is 2. The van der Waals surface area contributed by atoms with E-state index in [9.17, 15) is 9.59 Å². The van der Waals surface area contributed by atoms with Crippen LogP contribution < -0.4 is 4.90 Å². The monoisotopic (exact) mass is 448 g/mol. The smallest absolute Gasteiger partial charge is 0.227 e. The summed E-state index contributed by atoms with van der Waals surface area (Å²) in [6, 6.07) is 15.4. The van der Waals surface area contributed by atoms with Gasteiger partial charge in [0.1, 0.15) is 5.82 Å². The van der Waals surface area contributed by atoms with E-state index in [1.54, 1.807) is 6.20 Å². The van der Waals surface area contributed by atoms with Gasteiger partial charge >= 0.3 is 0 Å². The van der Waals surface area contributed by atoms with Crippen molar-refractivity contribution >= 4 is 29.1 Å². The molecule has 7 heteroatoms. The average molecular weight is 449 g/mol. The van der Waals surface area contributed by atoms with E-state index in [1.165, 1.54) is 0 Å². The number of aromatic amines is 1. The summed E-state index contributed by atoms with van der Waals surface area (Å²) in [6.45, 7) is 1.50. The van der Waals surface area contributed by atoms with Crippen LogP contribution in [0.15, 0.2) is 54.7 Å². The number of hydrogen-bond acceptors (Lipinski definition) is 3. The Morgan fingerprint density at radius 1 is 1.09 bits per heavy atom. The van der Waals surface area contributed by atoms with Crippen molar-refractivity contribution in [3.8, 4) is 11.3 Å². The first kappa shape index (κ1) is 20.8. The number of carbonyl (C=O) groups is 2. The van der Waals surface area contributed by atoms with E-state index >= 15 is 0 Å². The van der Waals surface area contributed by atoms with Gasteiger partial charge in [0, 0.05) is 35.8 Å². The standard InChI is InChI=1S/C25H25ClN4O2/c26-20-6-2-1-5-19(20)21-16-27-25(28-21)22-7-3-14-30(22)24(32)15-17-9-11-18(12-10-17)29-13-4-8-23(29)31/h1-2,5-6,9-12,16,22H,3-4,7-8,13-15H2,(H,27,28). The fraction of sp³-hybridized carbons (Fsp3) is 0.320. The van der Waals surface area contributed by atoms with Crippen LogP contribution in [0.2, 0.25) is 5.02 Å². The van der Waals surface area contributed by atoms with E-state index in [-0.39, 0.29) is 17.9 Å². The molecule has 2 fully saturated rings. The van der Waals surface area contributed by atoms with Crippen LogP contribution in [0, 0.1) is 0 Å². The fourth-order valence-corrected chi connectivity index (χ4v) is 4.90. The molecule has 2 aromatic carbocycles. The first-order chi connectivity index (χ1) is 15.6. The second kappa shape index (κ2) is 8.79. The van der Waals surface area contributed by atoms with Crippen LogP contribution in [-0.4, -0.2) is 39.8 Å². The molecular weight excluding hydrogens is 424 g/mol. The second-order valence-corrected chi connectivity index (χ2v) is 8.81. The lowest BCUT2D eigenvalue weighted by molar-refractivity contribution is -0.131. The molecule has 2 amide bonds. The molecule has 6 nitrogen and oxygen atoms in total. The zero-order valence-electron chi connectivity index (χ0n) is 17.8. The average Bonchev–Trinajstić information content (AvgIpc) is 3.55. The van der Waals surface area contributed by atoms with E-state index in [0.29, 0.717) is 17.9 Å². The minimum Gasteiger partial charge on any atom is -0.340 e. The summed E-state index contributed by atoms with van der Waals surface area (Å²) < 4.78 is 0. The van der Waals surface area contributed by atoms with Crippen molar-refractivity contribution in [2.75, 3.05) is 18.0 Å². The number of aromatic nitrogens is 2. The van der Waals surface area contributed by atoms with Crippen molar-refractivity contribution in [1.82, 2.24) is 14.9 Å². The number of H-pyrrole nitrogens is 1. The molecule has 3 aromatic rings. The quantitative estimate of drug-likeness (QED) is 0.611. The van der Waals surface area contributed by atoms with Crippen LogP contribution in [0.3, 0.4) is 0 Å². The van der Waals surface area contributed by atoms with E-state index in [1.807, 2.05) is 58.3 Å². The third-order valence-electron chi connectivity index (χ3n) is 6.33. The fourth-order valence-electron chi connectivity index (χ4n) is 4.66. The van der Waals surface area contributed by atoms with E-state index < -0.39 is 0 Å². The van der Waals surface area contributed by atoms with Crippen molar-refractivity contribution in [3.63, 3.8) is 0 Å². The van der Waals surface area contributed by atoms with Gasteiger partial charge in [-0.05, 0) is 43.0 Å². The first-order valence-electron chi connectivity index (χ1n) is 11.1. The molecule has 5 rings (SSSR count). The summed E-state index contributed by atoms with van der Waals surface area (Å²) in [6.07, 6.45) is 5.48. The number of imidazole rings is 1. The number of rotatable bonds is 5. The van der Waals surface area contributed by atoms with Crippen molar-refractivity contribution in [3.05, 3.63) is 71.1 Å². The summed E-state index contributed by atoms with van der Waals surface area (Å²) in [7, 11) is 0. The molecule has 3 heterocycles. The molecule has 0 bridgehead atoms. The minimum atomic E-state index is -0.0553. The maximum Gasteiger partial charge on any atom is 0.227 e. The Balaban J connectivity index is 1.28. The van der Waals surface area contributed by atoms with Crippen molar-refractivity contribution < 1.29 is 9.59 Å². The predicted octanol–water partition coefficient (Wildman–Crippen LogP) is 4.76. The second-order valence-electron chi connectivity index (χ2n) is 8.40. The van der Waals surface area contributed by atoms with Gasteiger partial charge in [0.25, 0.3) is 0 Å². The van der Waals surface area contributed by atoms with Gasteiger partial charge in [-0.25, -0.2) is 4.98 Å². The van der Waals surface area contributed by atoms with E-state index in [2.05, 4.69) is 9.97 Å². The molecular formula is C25H25ClN4O2. The van der Waals surface area contributed by atoms with Gasteiger partial charge in [0.2, 0.25) is 11.8 Å². The summed E-state index contributed by atoms with van der Waals surface area (Å²) in [5.74, 6) is 1.06. The van der Waals surface area contributed by atoms with Crippen LogP contribution in [-0.2, 0) is 16.0 Å². The van der Waals surface area contributed by atoms with Crippen LogP contribution >= 0.6 is 11.6 Å². The lowest BCUT2D eigenvalue weighted by Crippen LogP contribution is -2.32. The molecule has 0 spiro atoms. The lowest BCUT2D eigenvalue weighted by Gasteiger charge is -2.23. The maximum absolute atomic E-state index is 13.1. The van der Waals surface area contributed by atoms with Gasteiger partial charge in [-0.1, -0.05) is 41.9 Å². The van der Waals surface area contributed by atoms with Crippen LogP contribution in [0.25, 0.3) is 11.3 Å². The highest BCUT2D eigenvalue weighted by atomic mass is 35.5. The summed E-state index contributed by atoms with van der Waals surface area (Å²) in [4.78, 5) is 36.8. The molecule has 2 aliphatic heterocycles. The highest BCUT2D eigenvalue weighted by Crippen LogP contribution is 2.33. The highest BCUT2D eigenvalue weighted by molar-refractivity contribution is 6.33. The summed E-state index contributed by atoms with van der Waals surface area (Å²) in [5.41, 5.74) is 3.62. The normalized spacial score (nSPS) is 18.5. The number of halogens is 1. The number of likely N-dealkylation sites (tertiary alicyclic amines) is 1. The first-order valence-corrected chi connectivity index (χ1v) is 11.5. The van der Waals surface area contributed by atoms with E-state index in [4.69, 9.17) is 11.6 Å². The minimum absolute atomic E-state index is 0.0553.